The Morgan fingerprint density at radius 3 is 3.50 bits per heavy atom. The van der Waals surface area contributed by atoms with Crippen LogP contribution in [0.5, 0.6) is 0 Å². The van der Waals surface area contributed by atoms with Gasteiger partial charge in [-0.15, -0.1) is 6.58 Å². The second-order valence-electron chi connectivity index (χ2n) is 3.76. The minimum absolute atomic E-state index is 0.642. The molecule has 1 aliphatic carbocycles. The predicted molar refractivity (Wildman–Crippen MR) is 55.1 cm³/mol. The number of rotatable bonds is 4. The minimum atomic E-state index is 0.642. The molecular weight excluding hydrogens is 176 g/mol. The smallest absolute Gasteiger partial charge is 0.0925 e. The molecule has 1 heterocycles. The second-order valence-corrected chi connectivity index (χ2v) is 3.76. The Morgan fingerprint density at radius 2 is 2.64 bits per heavy atom. The molecule has 0 saturated carbocycles. The van der Waals surface area contributed by atoms with Crippen LogP contribution < -0.4 is 0 Å². The highest BCUT2D eigenvalue weighted by atomic mass is 16.5. The van der Waals surface area contributed by atoms with Gasteiger partial charge in [-0.3, -0.25) is 0 Å². The summed E-state index contributed by atoms with van der Waals surface area (Å²) in [7, 11) is 0. The highest BCUT2D eigenvalue weighted by Crippen LogP contribution is 2.22. The number of ether oxygens (including phenoxy) is 1. The van der Waals surface area contributed by atoms with Crippen LogP contribution in [0.15, 0.2) is 19.0 Å². The molecule has 2 rings (SSSR count). The van der Waals surface area contributed by atoms with Crippen LogP contribution in [0.3, 0.4) is 0 Å². The Hall–Kier alpha value is -1.09. The number of nitrogens with one attached hydrogen (secondary N) is 1. The van der Waals surface area contributed by atoms with Gasteiger partial charge >= 0.3 is 0 Å². The summed E-state index contributed by atoms with van der Waals surface area (Å²) in [5, 5.41) is 0. The molecule has 1 atom stereocenters. The van der Waals surface area contributed by atoms with Crippen molar-refractivity contribution in [2.45, 2.75) is 19.3 Å². The van der Waals surface area contributed by atoms with Crippen molar-refractivity contribution in [3.8, 4) is 0 Å². The number of aromatic amines is 1. The fourth-order valence-electron chi connectivity index (χ4n) is 1.93. The summed E-state index contributed by atoms with van der Waals surface area (Å²) in [6.07, 6.45) is 6.94. The van der Waals surface area contributed by atoms with E-state index in [9.17, 15) is 0 Å². The van der Waals surface area contributed by atoms with E-state index in [0.29, 0.717) is 12.5 Å². The van der Waals surface area contributed by atoms with Gasteiger partial charge in [-0.05, 0) is 25.2 Å². The van der Waals surface area contributed by atoms with Gasteiger partial charge in [-0.2, -0.15) is 0 Å². The normalized spacial score (nSPS) is 20.4. The number of nitrogens with zero attached hydrogens (tertiary/aromatic N) is 1. The summed E-state index contributed by atoms with van der Waals surface area (Å²) in [4.78, 5) is 7.47. The van der Waals surface area contributed by atoms with Crippen molar-refractivity contribution in [3.05, 3.63) is 30.4 Å². The zero-order valence-corrected chi connectivity index (χ0v) is 8.33. The fourth-order valence-corrected chi connectivity index (χ4v) is 1.93. The van der Waals surface area contributed by atoms with Crippen LogP contribution in [-0.2, 0) is 17.6 Å². The number of fused-ring (bicyclic) bond motifs is 1. The largest absolute Gasteiger partial charge is 0.377 e. The predicted octanol–water partition coefficient (Wildman–Crippen LogP) is 1.72. The van der Waals surface area contributed by atoms with Crippen LogP contribution in [0.25, 0.3) is 0 Å². The first-order chi connectivity index (χ1) is 6.90. The lowest BCUT2D eigenvalue weighted by Crippen LogP contribution is -2.19. The average molecular weight is 192 g/mol. The quantitative estimate of drug-likeness (QED) is 0.582. The third-order valence-electron chi connectivity index (χ3n) is 2.68. The van der Waals surface area contributed by atoms with E-state index in [-0.39, 0.29) is 0 Å². The van der Waals surface area contributed by atoms with E-state index in [1.807, 2.05) is 0 Å². The van der Waals surface area contributed by atoms with Gasteiger partial charge in [-0.25, -0.2) is 4.98 Å². The summed E-state index contributed by atoms with van der Waals surface area (Å²) in [6, 6.07) is 0. The number of imidazole rings is 1. The number of aryl methyl sites for hydroxylation is 1. The molecule has 0 bridgehead atoms. The van der Waals surface area contributed by atoms with Gasteiger partial charge in [0, 0.05) is 5.69 Å². The summed E-state index contributed by atoms with van der Waals surface area (Å²) >= 11 is 0. The first-order valence-electron chi connectivity index (χ1n) is 5.10. The van der Waals surface area contributed by atoms with Crippen LogP contribution in [0.1, 0.15) is 17.8 Å². The molecule has 3 nitrogen and oxygen atoms in total. The highest BCUT2D eigenvalue weighted by molar-refractivity contribution is 5.15. The maximum absolute atomic E-state index is 5.46. The van der Waals surface area contributed by atoms with Crippen molar-refractivity contribution in [3.63, 3.8) is 0 Å². The van der Waals surface area contributed by atoms with Gasteiger partial charge in [0.1, 0.15) is 0 Å². The van der Waals surface area contributed by atoms with E-state index in [1.165, 1.54) is 17.8 Å². The Balaban J connectivity index is 1.85. The fraction of sp³-hybridized carbons (Fsp3) is 0.545. The van der Waals surface area contributed by atoms with E-state index in [4.69, 9.17) is 4.74 Å². The lowest BCUT2D eigenvalue weighted by molar-refractivity contribution is 0.116. The third-order valence-corrected chi connectivity index (χ3v) is 2.68. The maximum atomic E-state index is 5.46. The molecule has 1 aliphatic rings. The van der Waals surface area contributed by atoms with E-state index < -0.39 is 0 Å². The SMILES string of the molecule is C=CCOCC1CCc2nc[nH]c2C1. The molecular formula is C11H16N2O. The van der Waals surface area contributed by atoms with E-state index in [0.717, 1.165) is 19.4 Å². The Bertz CT molecular complexity index is 306. The zero-order valence-electron chi connectivity index (χ0n) is 8.33. The number of hydrogen-bond acceptors (Lipinski definition) is 2. The van der Waals surface area contributed by atoms with Crippen molar-refractivity contribution in [1.82, 2.24) is 9.97 Å². The van der Waals surface area contributed by atoms with Crippen molar-refractivity contribution < 1.29 is 4.74 Å². The molecule has 0 spiro atoms. The van der Waals surface area contributed by atoms with Crippen molar-refractivity contribution in [2.75, 3.05) is 13.2 Å². The van der Waals surface area contributed by atoms with Crippen LogP contribution in [0.4, 0.5) is 0 Å². The van der Waals surface area contributed by atoms with Crippen molar-refractivity contribution in [1.29, 1.82) is 0 Å². The van der Waals surface area contributed by atoms with E-state index in [1.54, 1.807) is 12.4 Å². The van der Waals surface area contributed by atoms with Crippen LogP contribution in [-0.4, -0.2) is 23.2 Å². The summed E-state index contributed by atoms with van der Waals surface area (Å²) < 4.78 is 5.46. The molecule has 0 aromatic carbocycles. The van der Waals surface area contributed by atoms with Gasteiger partial charge in [0.05, 0.1) is 25.2 Å². The third kappa shape index (κ3) is 2.04. The molecule has 0 aliphatic heterocycles. The lowest BCUT2D eigenvalue weighted by Gasteiger charge is -2.20. The average Bonchev–Trinajstić information content (AvgIpc) is 2.65. The number of aromatic nitrogens is 2. The molecule has 0 amide bonds. The van der Waals surface area contributed by atoms with Gasteiger partial charge in [0.15, 0.2) is 0 Å². The van der Waals surface area contributed by atoms with E-state index in [2.05, 4.69) is 16.5 Å². The molecule has 0 radical (unpaired) electrons. The molecule has 1 aromatic rings. The zero-order chi connectivity index (χ0) is 9.80. The molecule has 1 unspecified atom stereocenters. The standard InChI is InChI=1S/C11H16N2O/c1-2-5-14-7-9-3-4-10-11(6-9)13-8-12-10/h2,8-9H,1,3-7H2,(H,12,13). The first kappa shape index (κ1) is 9.46. The molecule has 1 aromatic heterocycles. The monoisotopic (exact) mass is 192 g/mol. The van der Waals surface area contributed by atoms with Crippen LogP contribution >= 0.6 is 0 Å². The maximum Gasteiger partial charge on any atom is 0.0925 e. The van der Waals surface area contributed by atoms with E-state index >= 15 is 0 Å². The lowest BCUT2D eigenvalue weighted by atomic mass is 9.90. The Kier molecular flexibility index (Phi) is 2.99. The second kappa shape index (κ2) is 4.42. The molecule has 0 saturated heterocycles. The molecule has 14 heavy (non-hydrogen) atoms. The number of H-pyrrole nitrogens is 1. The molecule has 0 fully saturated rings. The Labute approximate surface area is 84.2 Å². The van der Waals surface area contributed by atoms with Crippen LogP contribution in [0.2, 0.25) is 0 Å². The minimum Gasteiger partial charge on any atom is -0.377 e. The molecule has 3 heteroatoms. The summed E-state index contributed by atoms with van der Waals surface area (Å²) in [5.41, 5.74) is 2.54. The summed E-state index contributed by atoms with van der Waals surface area (Å²) in [6.45, 7) is 5.13. The molecule has 76 valence electrons. The van der Waals surface area contributed by atoms with Gasteiger partial charge in [-0.1, -0.05) is 6.08 Å². The van der Waals surface area contributed by atoms with Gasteiger partial charge in [0.25, 0.3) is 0 Å². The topological polar surface area (TPSA) is 37.9 Å². The van der Waals surface area contributed by atoms with Crippen molar-refractivity contribution >= 4 is 0 Å². The molecule has 1 N–H and O–H groups in total. The highest BCUT2D eigenvalue weighted by Gasteiger charge is 2.20. The van der Waals surface area contributed by atoms with Crippen LogP contribution in [0, 0.1) is 5.92 Å². The Morgan fingerprint density at radius 1 is 1.71 bits per heavy atom. The van der Waals surface area contributed by atoms with Gasteiger partial charge in [0.2, 0.25) is 0 Å². The summed E-state index contributed by atoms with van der Waals surface area (Å²) in [5.74, 6) is 0.642. The number of hydrogen-bond donors (Lipinski definition) is 1. The van der Waals surface area contributed by atoms with Gasteiger partial charge < -0.3 is 9.72 Å². The van der Waals surface area contributed by atoms with Crippen molar-refractivity contribution in [2.24, 2.45) is 5.92 Å². The first-order valence-corrected chi connectivity index (χ1v) is 5.10.